The Morgan fingerprint density at radius 3 is 2.27 bits per heavy atom. The minimum atomic E-state index is -4.37. The Balaban J connectivity index is 3.08. The summed E-state index contributed by atoms with van der Waals surface area (Å²) in [4.78, 5) is 0. The number of aryl methyl sites for hydroxylation is 1. The molecule has 0 aliphatic rings. The van der Waals surface area contributed by atoms with E-state index in [0.29, 0.717) is 0 Å². The van der Waals surface area contributed by atoms with Gasteiger partial charge in [0.05, 0.1) is 0 Å². The van der Waals surface area contributed by atoms with Crippen molar-refractivity contribution in [1.29, 1.82) is 0 Å². The third kappa shape index (κ3) is 1.53. The minimum Gasteiger partial charge on any atom is -0.272 e. The van der Waals surface area contributed by atoms with E-state index in [4.69, 9.17) is 0 Å². The fourth-order valence-electron chi connectivity index (χ4n) is 0.644. The Morgan fingerprint density at radius 1 is 1.55 bits per heavy atom. The van der Waals surface area contributed by atoms with Crippen LogP contribution in [0.15, 0.2) is 6.07 Å². The van der Waals surface area contributed by atoms with Gasteiger partial charge < -0.3 is 0 Å². The summed E-state index contributed by atoms with van der Waals surface area (Å²) in [6, 6.07) is 0.903. The van der Waals surface area contributed by atoms with E-state index in [1.807, 2.05) is 0 Å². The zero-order chi connectivity index (χ0) is 8.65. The van der Waals surface area contributed by atoms with E-state index in [0.717, 1.165) is 10.7 Å². The van der Waals surface area contributed by atoms with Crippen LogP contribution in [0.5, 0.6) is 0 Å². The first kappa shape index (κ1) is 8.10. The monoisotopic (exact) mass is 163 g/mol. The molecule has 5 heteroatoms. The Hall–Kier alpha value is -1.00. The van der Waals surface area contributed by atoms with Crippen molar-refractivity contribution in [2.24, 2.45) is 7.05 Å². The van der Waals surface area contributed by atoms with E-state index in [1.165, 1.54) is 7.05 Å². The van der Waals surface area contributed by atoms with Gasteiger partial charge in [0.25, 0.3) is 0 Å². The number of alkyl halides is 3. The maximum atomic E-state index is 11.9. The maximum absolute atomic E-state index is 11.9. The molecule has 1 heterocycles. The molecule has 0 saturated carbocycles. The normalized spacial score (nSPS) is 12.1. The van der Waals surface area contributed by atoms with Crippen molar-refractivity contribution in [3.8, 4) is 0 Å². The first-order valence-corrected chi connectivity index (χ1v) is 2.84. The Morgan fingerprint density at radius 2 is 2.09 bits per heavy atom. The van der Waals surface area contributed by atoms with Crippen LogP contribution in [0.2, 0.25) is 0 Å². The van der Waals surface area contributed by atoms with Crippen molar-refractivity contribution in [1.82, 2.24) is 9.78 Å². The average molecular weight is 163 g/mol. The van der Waals surface area contributed by atoms with E-state index in [9.17, 15) is 13.2 Å². The predicted octanol–water partition coefficient (Wildman–Crippen LogP) is 1.62. The third-order valence-electron chi connectivity index (χ3n) is 1.27. The highest BCUT2D eigenvalue weighted by molar-refractivity contribution is 5.14. The molecule has 0 aromatic carbocycles. The smallest absolute Gasteiger partial charge is 0.272 e. The summed E-state index contributed by atoms with van der Waals surface area (Å²) in [5, 5.41) is 3.21. The van der Waals surface area contributed by atoms with E-state index >= 15 is 0 Å². The lowest BCUT2D eigenvalue weighted by atomic mass is 10.4. The largest absolute Gasteiger partial charge is 0.435 e. The van der Waals surface area contributed by atoms with Gasteiger partial charge in [-0.1, -0.05) is 0 Å². The van der Waals surface area contributed by atoms with Crippen LogP contribution in [0.1, 0.15) is 11.4 Å². The first-order valence-electron chi connectivity index (χ1n) is 2.84. The molecule has 1 aromatic rings. The average Bonchev–Trinajstić information content (AvgIpc) is 2.11. The fourth-order valence-corrected chi connectivity index (χ4v) is 0.644. The number of hydrogen-bond donors (Lipinski definition) is 0. The molecule has 2 nitrogen and oxygen atoms in total. The summed E-state index contributed by atoms with van der Waals surface area (Å²) < 4.78 is 36.7. The Kier molecular flexibility index (Phi) is 1.66. The molecule has 1 rings (SSSR count). The molecule has 61 valence electrons. The van der Waals surface area contributed by atoms with E-state index in [-0.39, 0.29) is 5.69 Å². The second kappa shape index (κ2) is 2.25. The zero-order valence-corrected chi connectivity index (χ0v) is 5.81. The number of rotatable bonds is 0. The van der Waals surface area contributed by atoms with Crippen LogP contribution in [-0.4, -0.2) is 9.78 Å². The quantitative estimate of drug-likeness (QED) is 0.568. The summed E-state index contributed by atoms with van der Waals surface area (Å²) in [6.45, 7) is 3.35. The number of hydrogen-bond acceptors (Lipinski definition) is 1. The van der Waals surface area contributed by atoms with Crippen LogP contribution < -0.4 is 0 Å². The molecule has 0 bridgehead atoms. The van der Waals surface area contributed by atoms with E-state index in [2.05, 4.69) is 12.0 Å². The van der Waals surface area contributed by atoms with Crippen molar-refractivity contribution < 1.29 is 13.2 Å². The summed E-state index contributed by atoms with van der Waals surface area (Å²) in [7, 11) is 1.41. The van der Waals surface area contributed by atoms with Crippen LogP contribution in [0.3, 0.4) is 0 Å². The number of nitrogens with zero attached hydrogens (tertiary/aromatic N) is 2. The highest BCUT2D eigenvalue weighted by Crippen LogP contribution is 2.27. The second-order valence-corrected chi connectivity index (χ2v) is 2.14. The lowest BCUT2D eigenvalue weighted by Crippen LogP contribution is -2.06. The summed E-state index contributed by atoms with van der Waals surface area (Å²) in [6.07, 6.45) is -4.37. The fraction of sp³-hybridized carbons (Fsp3) is 0.333. The van der Waals surface area contributed by atoms with Gasteiger partial charge in [0, 0.05) is 12.7 Å². The topological polar surface area (TPSA) is 17.8 Å². The van der Waals surface area contributed by atoms with Gasteiger partial charge in [-0.3, -0.25) is 4.68 Å². The summed E-state index contributed by atoms with van der Waals surface area (Å²) in [5.41, 5.74) is -0.651. The highest BCUT2D eigenvalue weighted by Gasteiger charge is 2.33. The van der Waals surface area contributed by atoms with E-state index in [1.54, 1.807) is 0 Å². The van der Waals surface area contributed by atoms with Gasteiger partial charge in [-0.15, -0.1) is 0 Å². The SMILES string of the molecule is [CH2]c1cc(C(F)(F)F)nn1C. The van der Waals surface area contributed by atoms with Crippen LogP contribution in [0.25, 0.3) is 0 Å². The standard InChI is InChI=1S/C6H6F3N2/c1-4-3-5(6(7,8)9)10-11(4)2/h3H,1H2,2H3. The number of aromatic nitrogens is 2. The molecule has 0 spiro atoms. The highest BCUT2D eigenvalue weighted by atomic mass is 19.4. The maximum Gasteiger partial charge on any atom is 0.435 e. The molecule has 1 aromatic heterocycles. The molecule has 0 aliphatic heterocycles. The van der Waals surface area contributed by atoms with Crippen LogP contribution in [0.4, 0.5) is 13.2 Å². The van der Waals surface area contributed by atoms with Gasteiger partial charge in [-0.2, -0.15) is 18.3 Å². The summed E-state index contributed by atoms with van der Waals surface area (Å²) in [5.74, 6) is 0. The molecular formula is C6H6F3N2. The van der Waals surface area contributed by atoms with Crippen molar-refractivity contribution in [2.75, 3.05) is 0 Å². The van der Waals surface area contributed by atoms with Crippen LogP contribution in [-0.2, 0) is 13.2 Å². The van der Waals surface area contributed by atoms with Crippen LogP contribution in [0, 0.1) is 6.92 Å². The van der Waals surface area contributed by atoms with Gasteiger partial charge in [0.1, 0.15) is 0 Å². The summed E-state index contributed by atoms with van der Waals surface area (Å²) >= 11 is 0. The van der Waals surface area contributed by atoms with Gasteiger partial charge in [-0.05, 0) is 13.0 Å². The molecule has 0 atom stereocenters. The lowest BCUT2D eigenvalue weighted by Gasteiger charge is -1.99. The van der Waals surface area contributed by atoms with Gasteiger partial charge in [0.2, 0.25) is 0 Å². The molecular weight excluding hydrogens is 157 g/mol. The lowest BCUT2D eigenvalue weighted by molar-refractivity contribution is -0.141. The van der Waals surface area contributed by atoms with Crippen molar-refractivity contribution in [3.63, 3.8) is 0 Å². The minimum absolute atomic E-state index is 0.248. The Labute approximate surface area is 61.6 Å². The van der Waals surface area contributed by atoms with Crippen molar-refractivity contribution in [2.45, 2.75) is 6.18 Å². The molecule has 0 unspecified atom stereocenters. The molecule has 0 aliphatic carbocycles. The third-order valence-corrected chi connectivity index (χ3v) is 1.27. The molecule has 1 radical (unpaired) electrons. The van der Waals surface area contributed by atoms with Crippen LogP contribution >= 0.6 is 0 Å². The number of halogens is 3. The zero-order valence-electron chi connectivity index (χ0n) is 5.81. The van der Waals surface area contributed by atoms with Crippen molar-refractivity contribution in [3.05, 3.63) is 24.4 Å². The molecule has 0 N–H and O–H groups in total. The second-order valence-electron chi connectivity index (χ2n) is 2.14. The van der Waals surface area contributed by atoms with Gasteiger partial charge in [-0.25, -0.2) is 0 Å². The van der Waals surface area contributed by atoms with Crippen molar-refractivity contribution >= 4 is 0 Å². The predicted molar refractivity (Wildman–Crippen MR) is 32.7 cm³/mol. The molecule has 11 heavy (non-hydrogen) atoms. The molecule has 0 saturated heterocycles. The van der Waals surface area contributed by atoms with Gasteiger partial charge >= 0.3 is 6.18 Å². The van der Waals surface area contributed by atoms with Gasteiger partial charge in [0.15, 0.2) is 5.69 Å². The van der Waals surface area contributed by atoms with E-state index < -0.39 is 11.9 Å². The Bertz CT molecular complexity index is 242. The molecule has 0 fully saturated rings. The first-order chi connectivity index (χ1) is 4.91. The molecule has 0 amide bonds.